The van der Waals surface area contributed by atoms with Gasteiger partial charge in [-0.15, -0.1) is 0 Å². The molecule has 29 heavy (non-hydrogen) atoms. The van der Waals surface area contributed by atoms with Crippen LogP contribution in [0.15, 0.2) is 48.3 Å². The van der Waals surface area contributed by atoms with Crippen LogP contribution in [0.5, 0.6) is 0 Å². The van der Waals surface area contributed by atoms with Crippen LogP contribution in [0.4, 0.5) is 4.39 Å². The normalized spacial score (nSPS) is 41.2. The fourth-order valence-corrected chi connectivity index (χ4v) is 7.49. The quantitative estimate of drug-likeness (QED) is 0.574. The second kappa shape index (κ2) is 6.23. The first-order valence-corrected chi connectivity index (χ1v) is 11.0. The summed E-state index contributed by atoms with van der Waals surface area (Å²) in [5.74, 6) is 2.03. The number of halogens is 1. The number of fused-ring (bicyclic) bond motifs is 5. The van der Waals surface area contributed by atoms with Gasteiger partial charge in [0.1, 0.15) is 5.82 Å². The van der Waals surface area contributed by atoms with E-state index in [0.717, 1.165) is 31.2 Å². The van der Waals surface area contributed by atoms with Crippen LogP contribution in [0.3, 0.4) is 0 Å². The smallest absolute Gasteiger partial charge is 0.156 e. The van der Waals surface area contributed by atoms with E-state index in [0.29, 0.717) is 30.1 Å². The summed E-state index contributed by atoms with van der Waals surface area (Å²) < 4.78 is 13.9. The largest absolute Gasteiger partial charge is 0.295 e. The number of hydrogen-bond acceptors (Lipinski definition) is 2. The molecule has 0 radical (unpaired) electrons. The van der Waals surface area contributed by atoms with Gasteiger partial charge < -0.3 is 0 Å². The summed E-state index contributed by atoms with van der Waals surface area (Å²) in [5.41, 5.74) is 4.70. The molecule has 0 N–H and O–H groups in total. The van der Waals surface area contributed by atoms with Crippen molar-refractivity contribution in [2.75, 3.05) is 0 Å². The predicted octanol–water partition coefficient (Wildman–Crippen LogP) is 6.16. The maximum Gasteiger partial charge on any atom is 0.156 e. The summed E-state index contributed by atoms with van der Waals surface area (Å²) in [7, 11) is 0. The first kappa shape index (κ1) is 19.0. The van der Waals surface area contributed by atoms with Gasteiger partial charge in [0.25, 0.3) is 0 Å². The molecule has 1 aromatic rings. The molecule has 3 heteroatoms. The Morgan fingerprint density at radius 1 is 1.17 bits per heavy atom. The molecule has 6 unspecified atom stereocenters. The van der Waals surface area contributed by atoms with Crippen LogP contribution >= 0.6 is 0 Å². The van der Waals surface area contributed by atoms with E-state index in [4.69, 9.17) is 0 Å². The monoisotopic (exact) mass is 391 g/mol. The molecule has 0 saturated heterocycles. The number of ketones is 1. The molecule has 1 heterocycles. The average molecular weight is 392 g/mol. The van der Waals surface area contributed by atoms with Gasteiger partial charge in [-0.05, 0) is 89.0 Å². The summed E-state index contributed by atoms with van der Waals surface area (Å²) in [6.45, 7) is 11.5. The van der Waals surface area contributed by atoms with Crippen molar-refractivity contribution in [3.63, 3.8) is 0 Å². The van der Waals surface area contributed by atoms with Crippen molar-refractivity contribution in [2.24, 2.45) is 34.5 Å². The van der Waals surface area contributed by atoms with Crippen molar-refractivity contribution in [1.82, 2.24) is 4.98 Å². The van der Waals surface area contributed by atoms with Gasteiger partial charge in [0.2, 0.25) is 0 Å². The van der Waals surface area contributed by atoms with Crippen molar-refractivity contribution >= 4 is 11.4 Å². The average Bonchev–Trinajstić information content (AvgIpc) is 3.01. The van der Waals surface area contributed by atoms with Gasteiger partial charge in [-0.25, -0.2) is 4.39 Å². The van der Waals surface area contributed by atoms with E-state index in [1.807, 2.05) is 12.3 Å². The molecule has 0 spiro atoms. The predicted molar refractivity (Wildman–Crippen MR) is 113 cm³/mol. The molecule has 5 rings (SSSR count). The summed E-state index contributed by atoms with van der Waals surface area (Å²) in [5, 5.41) is 0. The Morgan fingerprint density at radius 3 is 2.72 bits per heavy atom. The second-order valence-electron chi connectivity index (χ2n) is 10.3. The number of rotatable bonds is 1. The molecule has 6 atom stereocenters. The van der Waals surface area contributed by atoms with Crippen LogP contribution < -0.4 is 0 Å². The standard InChI is InChI=1S/C26H30FNO/c1-15-9-20-22-6-5-21(17-11-18(27)14-28-13-17)25(22,3)8-7-23(20)26(4)16(2)10-19(29)12-24(15)26/h5,11-14,16,20,22-23H,1,6-10H2,2-4H3. The molecule has 0 aromatic carbocycles. The zero-order chi connectivity index (χ0) is 20.6. The van der Waals surface area contributed by atoms with E-state index >= 15 is 0 Å². The van der Waals surface area contributed by atoms with Crippen LogP contribution in [0.2, 0.25) is 0 Å². The van der Waals surface area contributed by atoms with E-state index in [1.165, 1.54) is 22.9 Å². The highest BCUT2D eigenvalue weighted by atomic mass is 19.1. The van der Waals surface area contributed by atoms with E-state index in [2.05, 4.69) is 38.4 Å². The van der Waals surface area contributed by atoms with Gasteiger partial charge in [-0.3, -0.25) is 9.78 Å². The Hall–Kier alpha value is -2.03. The van der Waals surface area contributed by atoms with Crippen LogP contribution in [-0.2, 0) is 4.79 Å². The Labute approximate surface area is 173 Å². The van der Waals surface area contributed by atoms with Gasteiger partial charge in [-0.2, -0.15) is 0 Å². The lowest BCUT2D eigenvalue weighted by atomic mass is 9.44. The minimum absolute atomic E-state index is 0.0401. The van der Waals surface area contributed by atoms with Gasteiger partial charge in [0, 0.05) is 12.6 Å². The zero-order valence-electron chi connectivity index (χ0n) is 17.7. The Kier molecular flexibility index (Phi) is 4.08. The molecule has 2 saturated carbocycles. The Morgan fingerprint density at radius 2 is 1.97 bits per heavy atom. The lowest BCUT2D eigenvalue weighted by Gasteiger charge is -2.60. The van der Waals surface area contributed by atoms with Crippen molar-refractivity contribution < 1.29 is 9.18 Å². The number of carbonyl (C=O) groups is 1. The topological polar surface area (TPSA) is 30.0 Å². The molecule has 152 valence electrons. The number of allylic oxidation sites excluding steroid dienone is 5. The molecule has 4 aliphatic rings. The summed E-state index contributed by atoms with van der Waals surface area (Å²) in [6.07, 6.45) is 12.3. The van der Waals surface area contributed by atoms with E-state index in [9.17, 15) is 9.18 Å². The molecule has 0 bridgehead atoms. The SMILES string of the molecule is C=C1CC2C3CC=C(c4cncc(F)c4)C3(C)CCC2C2(C)C1=CC(=O)CC2C. The van der Waals surface area contributed by atoms with Crippen LogP contribution in [-0.4, -0.2) is 10.8 Å². The van der Waals surface area contributed by atoms with Crippen molar-refractivity contribution in [2.45, 2.75) is 52.9 Å². The lowest BCUT2D eigenvalue weighted by Crippen LogP contribution is -2.53. The number of nitrogens with zero attached hydrogens (tertiary/aromatic N) is 1. The van der Waals surface area contributed by atoms with Gasteiger partial charge in [0.05, 0.1) is 6.20 Å². The molecule has 0 aliphatic heterocycles. The maximum atomic E-state index is 13.9. The molecule has 2 nitrogen and oxygen atoms in total. The second-order valence-corrected chi connectivity index (χ2v) is 10.3. The Bertz CT molecular complexity index is 975. The van der Waals surface area contributed by atoms with Crippen LogP contribution in [0.25, 0.3) is 5.57 Å². The fraction of sp³-hybridized carbons (Fsp3) is 0.538. The molecule has 2 fully saturated rings. The first-order chi connectivity index (χ1) is 13.7. The van der Waals surface area contributed by atoms with Crippen molar-refractivity contribution in [3.05, 3.63) is 59.7 Å². The van der Waals surface area contributed by atoms with Crippen molar-refractivity contribution in [1.29, 1.82) is 0 Å². The molecule has 1 aromatic heterocycles. The van der Waals surface area contributed by atoms with Gasteiger partial charge in [0.15, 0.2) is 5.78 Å². The number of aromatic nitrogens is 1. The molecule has 4 aliphatic carbocycles. The van der Waals surface area contributed by atoms with E-state index < -0.39 is 0 Å². The van der Waals surface area contributed by atoms with Crippen LogP contribution in [0, 0.1) is 40.3 Å². The lowest BCUT2D eigenvalue weighted by molar-refractivity contribution is -0.119. The summed E-state index contributed by atoms with van der Waals surface area (Å²) in [4.78, 5) is 16.4. The van der Waals surface area contributed by atoms with E-state index in [1.54, 1.807) is 6.07 Å². The summed E-state index contributed by atoms with van der Waals surface area (Å²) in [6, 6.07) is 1.63. The third-order valence-electron chi connectivity index (χ3n) is 9.08. The highest BCUT2D eigenvalue weighted by molar-refractivity contribution is 5.93. The summed E-state index contributed by atoms with van der Waals surface area (Å²) >= 11 is 0. The number of pyridine rings is 1. The maximum absolute atomic E-state index is 13.9. The van der Waals surface area contributed by atoms with E-state index in [-0.39, 0.29) is 22.4 Å². The minimum Gasteiger partial charge on any atom is -0.295 e. The third kappa shape index (κ3) is 2.52. The molecular formula is C26H30FNO. The highest BCUT2D eigenvalue weighted by Gasteiger charge is 2.59. The number of carbonyl (C=O) groups excluding carboxylic acids is 1. The Balaban J connectivity index is 1.53. The fourth-order valence-electron chi connectivity index (χ4n) is 7.49. The first-order valence-electron chi connectivity index (χ1n) is 11.0. The third-order valence-corrected chi connectivity index (χ3v) is 9.08. The molecular weight excluding hydrogens is 361 g/mol. The zero-order valence-corrected chi connectivity index (χ0v) is 17.7. The van der Waals surface area contributed by atoms with Gasteiger partial charge in [-0.1, -0.05) is 39.0 Å². The van der Waals surface area contributed by atoms with Crippen LogP contribution in [0.1, 0.15) is 58.4 Å². The minimum atomic E-state index is -0.266. The van der Waals surface area contributed by atoms with Crippen molar-refractivity contribution in [3.8, 4) is 0 Å². The molecule has 0 amide bonds. The van der Waals surface area contributed by atoms with Gasteiger partial charge >= 0.3 is 0 Å². The highest BCUT2D eigenvalue weighted by Crippen LogP contribution is 2.68. The number of hydrogen-bond donors (Lipinski definition) is 0.